The summed E-state index contributed by atoms with van der Waals surface area (Å²) in [6.07, 6.45) is 2.78. The fraction of sp³-hybridized carbons (Fsp3) is 0.450. The molecule has 1 aromatic carbocycles. The molecule has 0 radical (unpaired) electrons. The number of carbonyl (C=O) groups excluding carboxylic acids is 1. The summed E-state index contributed by atoms with van der Waals surface area (Å²) in [6.45, 7) is 1.61. The zero-order valence-corrected chi connectivity index (χ0v) is 17.6. The number of sulfone groups is 1. The quantitative estimate of drug-likeness (QED) is 0.407. The van der Waals surface area contributed by atoms with Crippen LogP contribution in [0.5, 0.6) is 0 Å². The Morgan fingerprint density at radius 3 is 2.83 bits per heavy atom. The summed E-state index contributed by atoms with van der Waals surface area (Å²) >= 11 is 1.22. The molecule has 0 amide bonds. The second kappa shape index (κ2) is 7.68. The molecule has 0 saturated carbocycles. The van der Waals surface area contributed by atoms with Crippen molar-refractivity contribution in [3.63, 3.8) is 0 Å². The molecular weight excluding hydrogens is 415 g/mol. The number of aryl methyl sites for hydroxylation is 1. The van der Waals surface area contributed by atoms with Crippen LogP contribution in [0.25, 0.3) is 0 Å². The van der Waals surface area contributed by atoms with Gasteiger partial charge in [0.15, 0.2) is 15.6 Å². The molecule has 29 heavy (non-hydrogen) atoms. The number of ketones is 1. The minimum absolute atomic E-state index is 0.0179. The molecule has 2 aliphatic rings. The predicted octanol–water partition coefficient (Wildman–Crippen LogP) is 2.51. The molecule has 2 aromatic rings. The molecule has 1 aliphatic carbocycles. The summed E-state index contributed by atoms with van der Waals surface area (Å²) in [5.41, 5.74) is 2.20. The van der Waals surface area contributed by atoms with E-state index in [4.69, 9.17) is 0 Å². The van der Waals surface area contributed by atoms with Crippen molar-refractivity contribution in [3.05, 3.63) is 56.9 Å². The maximum Gasteiger partial charge on any atom is 0.349 e. The molecule has 6 nitrogen and oxygen atoms in total. The fourth-order valence-corrected chi connectivity index (χ4v) is 6.73. The highest BCUT2D eigenvalue weighted by atomic mass is 32.2. The highest BCUT2D eigenvalue weighted by Crippen LogP contribution is 2.33. The number of aromatic nitrogens is 2. The van der Waals surface area contributed by atoms with Gasteiger partial charge in [0, 0.05) is 16.8 Å². The molecule has 2 heterocycles. The van der Waals surface area contributed by atoms with E-state index < -0.39 is 15.5 Å². The lowest BCUT2D eigenvalue weighted by molar-refractivity contribution is 0.102. The largest absolute Gasteiger partial charge is 0.349 e. The normalized spacial score (nSPS) is 20.0. The van der Waals surface area contributed by atoms with E-state index in [9.17, 15) is 22.4 Å². The Bertz CT molecular complexity index is 1160. The average Bonchev–Trinajstić information content (AvgIpc) is 3.28. The number of Topliss-reactive ketones (excluding diaryl/α,β-unsaturated/α-hetero) is 1. The molecule has 1 aliphatic heterocycles. The third kappa shape index (κ3) is 4.02. The van der Waals surface area contributed by atoms with Gasteiger partial charge in [-0.25, -0.2) is 17.6 Å². The van der Waals surface area contributed by atoms with E-state index in [-0.39, 0.29) is 34.9 Å². The summed E-state index contributed by atoms with van der Waals surface area (Å²) in [6, 6.07) is 3.91. The number of rotatable bonds is 5. The zero-order chi connectivity index (χ0) is 20.8. The van der Waals surface area contributed by atoms with Crippen molar-refractivity contribution in [2.24, 2.45) is 0 Å². The number of hydrogen-bond acceptors (Lipinski definition) is 6. The van der Waals surface area contributed by atoms with Gasteiger partial charge in [-0.2, -0.15) is 4.98 Å². The number of hydrogen-bond donors (Lipinski definition) is 0. The summed E-state index contributed by atoms with van der Waals surface area (Å²) in [5, 5.41) is 0.548. The van der Waals surface area contributed by atoms with Gasteiger partial charge >= 0.3 is 5.69 Å². The lowest BCUT2D eigenvalue weighted by Gasteiger charge is -2.18. The van der Waals surface area contributed by atoms with Crippen LogP contribution in [0.15, 0.2) is 28.0 Å². The van der Waals surface area contributed by atoms with Gasteiger partial charge in [-0.3, -0.25) is 9.36 Å². The van der Waals surface area contributed by atoms with Crippen LogP contribution < -0.4 is 5.69 Å². The van der Waals surface area contributed by atoms with Crippen molar-refractivity contribution in [1.29, 1.82) is 0 Å². The fourth-order valence-electron chi connectivity index (χ4n) is 4.06. The molecule has 0 unspecified atom stereocenters. The van der Waals surface area contributed by atoms with Gasteiger partial charge < -0.3 is 0 Å². The van der Waals surface area contributed by atoms with Crippen LogP contribution in [0.2, 0.25) is 0 Å². The first-order valence-electron chi connectivity index (χ1n) is 9.52. The third-order valence-electron chi connectivity index (χ3n) is 5.53. The van der Waals surface area contributed by atoms with E-state index in [1.54, 1.807) is 11.5 Å². The summed E-state index contributed by atoms with van der Waals surface area (Å²) < 4.78 is 38.7. The van der Waals surface area contributed by atoms with Gasteiger partial charge in [0.2, 0.25) is 0 Å². The highest BCUT2D eigenvalue weighted by Gasteiger charge is 2.33. The lowest BCUT2D eigenvalue weighted by Crippen LogP contribution is -2.31. The van der Waals surface area contributed by atoms with E-state index in [2.05, 4.69) is 4.98 Å². The van der Waals surface area contributed by atoms with Crippen molar-refractivity contribution in [1.82, 2.24) is 9.55 Å². The number of carbonyl (C=O) groups is 1. The maximum absolute atomic E-state index is 13.4. The van der Waals surface area contributed by atoms with Crippen molar-refractivity contribution < 1.29 is 17.6 Å². The van der Waals surface area contributed by atoms with Crippen LogP contribution >= 0.6 is 11.8 Å². The second-order valence-electron chi connectivity index (χ2n) is 7.58. The summed E-state index contributed by atoms with van der Waals surface area (Å²) in [7, 11) is -3.11. The monoisotopic (exact) mass is 436 g/mol. The Hall–Kier alpha value is -2.00. The van der Waals surface area contributed by atoms with Crippen LogP contribution in [0.4, 0.5) is 4.39 Å². The smallest absolute Gasteiger partial charge is 0.293 e. The topological polar surface area (TPSA) is 86.1 Å². The van der Waals surface area contributed by atoms with Crippen molar-refractivity contribution in [2.45, 2.75) is 43.7 Å². The lowest BCUT2D eigenvalue weighted by atomic mass is 10.1. The van der Waals surface area contributed by atoms with Crippen LogP contribution in [0, 0.1) is 12.7 Å². The maximum atomic E-state index is 13.4. The predicted molar refractivity (Wildman–Crippen MR) is 109 cm³/mol. The van der Waals surface area contributed by atoms with Gasteiger partial charge in [0.1, 0.15) is 10.8 Å². The second-order valence-corrected chi connectivity index (χ2v) is 10.8. The van der Waals surface area contributed by atoms with E-state index >= 15 is 0 Å². The third-order valence-corrected chi connectivity index (χ3v) is 8.30. The zero-order valence-electron chi connectivity index (χ0n) is 16.0. The molecule has 1 fully saturated rings. The number of benzene rings is 1. The minimum Gasteiger partial charge on any atom is -0.293 e. The Labute approximate surface area is 172 Å². The SMILES string of the molecule is Cc1cc(C(=O)CSc2nc(=O)n([C@H]3CCS(=O)(=O)C3)c3c2CCC3)ccc1F. The van der Waals surface area contributed by atoms with Gasteiger partial charge in [-0.15, -0.1) is 0 Å². The Morgan fingerprint density at radius 1 is 1.34 bits per heavy atom. The van der Waals surface area contributed by atoms with Gasteiger partial charge in [-0.1, -0.05) is 11.8 Å². The molecular formula is C20H21FN2O4S2. The molecule has 4 rings (SSSR count). The summed E-state index contributed by atoms with van der Waals surface area (Å²) in [4.78, 5) is 29.4. The van der Waals surface area contributed by atoms with Crippen LogP contribution in [0.3, 0.4) is 0 Å². The first-order valence-corrected chi connectivity index (χ1v) is 12.3. The molecule has 1 saturated heterocycles. The molecule has 1 atom stereocenters. The molecule has 1 aromatic heterocycles. The Kier molecular flexibility index (Phi) is 5.37. The standard InChI is InChI=1S/C20H21FN2O4S2/c1-12-9-13(5-6-16(12)21)18(24)10-28-19-15-3-2-4-17(15)23(20(25)22-19)14-7-8-29(26,27)11-14/h5-6,9,14H,2-4,7-8,10-11H2,1H3/t14-/m0/s1. The van der Waals surface area contributed by atoms with Gasteiger partial charge in [-0.05, 0) is 56.4 Å². The van der Waals surface area contributed by atoms with Gasteiger partial charge in [0.05, 0.1) is 23.3 Å². The highest BCUT2D eigenvalue weighted by molar-refractivity contribution is 8.00. The van der Waals surface area contributed by atoms with Crippen LogP contribution in [-0.4, -0.2) is 41.0 Å². The summed E-state index contributed by atoms with van der Waals surface area (Å²) in [5.74, 6) is -0.327. The molecule has 9 heteroatoms. The number of nitrogens with zero attached hydrogens (tertiary/aromatic N) is 2. The van der Waals surface area contributed by atoms with Crippen LogP contribution in [0.1, 0.15) is 46.1 Å². The molecule has 0 N–H and O–H groups in total. The first kappa shape index (κ1) is 20.3. The number of halogens is 1. The average molecular weight is 437 g/mol. The molecule has 154 valence electrons. The van der Waals surface area contributed by atoms with E-state index in [0.717, 1.165) is 24.1 Å². The number of fused-ring (bicyclic) bond motifs is 1. The minimum atomic E-state index is -3.11. The van der Waals surface area contributed by atoms with Gasteiger partial charge in [0.25, 0.3) is 0 Å². The van der Waals surface area contributed by atoms with Crippen molar-refractivity contribution in [3.8, 4) is 0 Å². The Morgan fingerprint density at radius 2 is 2.14 bits per heavy atom. The van der Waals surface area contributed by atoms with E-state index in [1.165, 1.54) is 30.0 Å². The van der Waals surface area contributed by atoms with Crippen molar-refractivity contribution >= 4 is 27.4 Å². The van der Waals surface area contributed by atoms with E-state index in [0.29, 0.717) is 29.0 Å². The first-order chi connectivity index (χ1) is 13.7. The molecule has 0 spiro atoms. The number of thioether (sulfide) groups is 1. The molecule has 0 bridgehead atoms. The van der Waals surface area contributed by atoms with Crippen LogP contribution in [-0.2, 0) is 22.7 Å². The Balaban J connectivity index is 1.58. The van der Waals surface area contributed by atoms with E-state index in [1.807, 2.05) is 0 Å². The van der Waals surface area contributed by atoms with Crippen molar-refractivity contribution in [2.75, 3.05) is 17.3 Å².